The van der Waals surface area contributed by atoms with Crippen molar-refractivity contribution in [2.75, 3.05) is 19.7 Å². The highest BCUT2D eigenvalue weighted by atomic mass is 19.4. The van der Waals surface area contributed by atoms with Crippen LogP contribution >= 0.6 is 0 Å². The van der Waals surface area contributed by atoms with Gasteiger partial charge in [-0.1, -0.05) is 0 Å². The minimum absolute atomic E-state index is 0.503. The molecule has 0 aliphatic carbocycles. The van der Waals surface area contributed by atoms with Crippen molar-refractivity contribution in [1.82, 2.24) is 5.32 Å². The summed E-state index contributed by atoms with van der Waals surface area (Å²) >= 11 is 0. The number of rotatable bonds is 2. The van der Waals surface area contributed by atoms with Crippen LogP contribution in [0.25, 0.3) is 0 Å². The van der Waals surface area contributed by atoms with E-state index < -0.39 is 18.4 Å². The maximum absolute atomic E-state index is 11.8. The Morgan fingerprint density at radius 2 is 2.15 bits per heavy atom. The molecule has 1 aliphatic rings. The molecule has 5 heteroatoms. The van der Waals surface area contributed by atoms with Crippen molar-refractivity contribution >= 4 is 0 Å². The van der Waals surface area contributed by atoms with Crippen molar-refractivity contribution in [3.05, 3.63) is 0 Å². The predicted octanol–water partition coefficient (Wildman–Crippen LogP) is 1.71. The average Bonchev–Trinajstić information content (AvgIpc) is 2.02. The number of piperidine rings is 1. The minimum atomic E-state index is -4.22. The van der Waals surface area contributed by atoms with E-state index in [-0.39, 0.29) is 0 Å². The van der Waals surface area contributed by atoms with Crippen molar-refractivity contribution in [3.63, 3.8) is 0 Å². The maximum Gasteiger partial charge on any atom is 0.411 e. The van der Waals surface area contributed by atoms with E-state index in [0.717, 1.165) is 13.0 Å². The van der Waals surface area contributed by atoms with Crippen LogP contribution in [0, 0.1) is 0 Å². The highest BCUT2D eigenvalue weighted by molar-refractivity contribution is 4.82. The largest absolute Gasteiger partial charge is 0.411 e. The van der Waals surface area contributed by atoms with Crippen LogP contribution in [-0.4, -0.2) is 31.5 Å². The monoisotopic (exact) mass is 197 g/mol. The van der Waals surface area contributed by atoms with Crippen LogP contribution in [-0.2, 0) is 4.74 Å². The summed E-state index contributed by atoms with van der Waals surface area (Å²) in [5.74, 6) is 0. The van der Waals surface area contributed by atoms with Gasteiger partial charge in [-0.05, 0) is 26.3 Å². The first kappa shape index (κ1) is 10.8. The zero-order chi connectivity index (χ0) is 9.95. The fourth-order valence-corrected chi connectivity index (χ4v) is 1.41. The zero-order valence-electron chi connectivity index (χ0n) is 7.58. The molecular weight excluding hydrogens is 183 g/mol. The van der Waals surface area contributed by atoms with Crippen LogP contribution < -0.4 is 5.32 Å². The van der Waals surface area contributed by atoms with Crippen molar-refractivity contribution < 1.29 is 17.9 Å². The molecular formula is C8H14F3NO. The number of hydrogen-bond donors (Lipinski definition) is 1. The highest BCUT2D eigenvalue weighted by Gasteiger charge is 2.34. The molecule has 1 atom stereocenters. The van der Waals surface area contributed by atoms with Gasteiger partial charge in [-0.3, -0.25) is 0 Å². The summed E-state index contributed by atoms with van der Waals surface area (Å²) in [5, 5.41) is 3.02. The molecule has 0 aromatic rings. The smallest absolute Gasteiger partial charge is 0.365 e. The molecule has 1 rings (SSSR count). The number of nitrogens with one attached hydrogen (secondary N) is 1. The Labute approximate surface area is 75.4 Å². The van der Waals surface area contributed by atoms with Gasteiger partial charge in [0.15, 0.2) is 0 Å². The second-order valence-corrected chi connectivity index (χ2v) is 3.63. The molecule has 0 aromatic heterocycles. The number of hydrogen-bond acceptors (Lipinski definition) is 2. The van der Waals surface area contributed by atoms with Gasteiger partial charge in [-0.25, -0.2) is 0 Å². The van der Waals surface area contributed by atoms with Crippen LogP contribution in [0.2, 0.25) is 0 Å². The summed E-state index contributed by atoms with van der Waals surface area (Å²) in [7, 11) is 0. The molecule has 0 spiro atoms. The number of ether oxygens (including phenoxy) is 1. The zero-order valence-corrected chi connectivity index (χ0v) is 7.58. The Kier molecular flexibility index (Phi) is 3.18. The second kappa shape index (κ2) is 3.84. The Bertz CT molecular complexity index is 163. The van der Waals surface area contributed by atoms with Gasteiger partial charge in [0, 0.05) is 6.54 Å². The van der Waals surface area contributed by atoms with Gasteiger partial charge in [0.1, 0.15) is 6.61 Å². The second-order valence-electron chi connectivity index (χ2n) is 3.63. The SMILES string of the molecule is CC1(OCC(F)(F)F)CCCNC1. The van der Waals surface area contributed by atoms with E-state index in [4.69, 9.17) is 4.74 Å². The Morgan fingerprint density at radius 3 is 2.62 bits per heavy atom. The molecule has 1 heterocycles. The molecule has 0 bridgehead atoms. The third-order valence-electron chi connectivity index (χ3n) is 2.14. The molecule has 0 aromatic carbocycles. The lowest BCUT2D eigenvalue weighted by molar-refractivity contribution is -0.204. The predicted molar refractivity (Wildman–Crippen MR) is 42.5 cm³/mol. The van der Waals surface area contributed by atoms with Crippen molar-refractivity contribution in [3.8, 4) is 0 Å². The molecule has 1 unspecified atom stereocenters. The van der Waals surface area contributed by atoms with Gasteiger partial charge >= 0.3 is 6.18 Å². The standard InChI is InChI=1S/C8H14F3NO/c1-7(3-2-4-12-5-7)13-6-8(9,10)11/h12H,2-6H2,1H3. The van der Waals surface area contributed by atoms with Crippen LogP contribution in [0.5, 0.6) is 0 Å². The quantitative estimate of drug-likeness (QED) is 0.727. The fourth-order valence-electron chi connectivity index (χ4n) is 1.41. The van der Waals surface area contributed by atoms with E-state index in [1.807, 2.05) is 0 Å². The number of alkyl halides is 3. The van der Waals surface area contributed by atoms with Gasteiger partial charge in [0.2, 0.25) is 0 Å². The van der Waals surface area contributed by atoms with Gasteiger partial charge in [0.25, 0.3) is 0 Å². The van der Waals surface area contributed by atoms with Crippen LogP contribution in [0.4, 0.5) is 13.2 Å². The van der Waals surface area contributed by atoms with Crippen molar-refractivity contribution in [2.45, 2.75) is 31.5 Å². The molecule has 1 aliphatic heterocycles. The lowest BCUT2D eigenvalue weighted by Gasteiger charge is -2.34. The first-order chi connectivity index (χ1) is 5.91. The van der Waals surface area contributed by atoms with E-state index in [1.165, 1.54) is 0 Å². The van der Waals surface area contributed by atoms with Gasteiger partial charge in [0.05, 0.1) is 5.60 Å². The van der Waals surface area contributed by atoms with Gasteiger partial charge < -0.3 is 10.1 Å². The molecule has 13 heavy (non-hydrogen) atoms. The van der Waals surface area contributed by atoms with Gasteiger partial charge in [-0.15, -0.1) is 0 Å². The molecule has 0 saturated carbocycles. The van der Waals surface area contributed by atoms with Crippen molar-refractivity contribution in [1.29, 1.82) is 0 Å². The van der Waals surface area contributed by atoms with E-state index in [2.05, 4.69) is 5.32 Å². The van der Waals surface area contributed by atoms with Crippen LogP contribution in [0.15, 0.2) is 0 Å². The normalized spacial score (nSPS) is 30.5. The lowest BCUT2D eigenvalue weighted by Crippen LogP contribution is -2.46. The molecule has 1 N–H and O–H groups in total. The summed E-state index contributed by atoms with van der Waals surface area (Å²) in [6.45, 7) is 1.93. The minimum Gasteiger partial charge on any atom is -0.365 e. The Balaban J connectivity index is 2.33. The van der Waals surface area contributed by atoms with E-state index in [9.17, 15) is 13.2 Å². The van der Waals surface area contributed by atoms with E-state index in [0.29, 0.717) is 13.0 Å². The Hall–Kier alpha value is -0.290. The summed E-state index contributed by atoms with van der Waals surface area (Å²) < 4.78 is 40.4. The summed E-state index contributed by atoms with van der Waals surface area (Å²) in [5.41, 5.74) is -0.645. The van der Waals surface area contributed by atoms with Crippen molar-refractivity contribution in [2.24, 2.45) is 0 Å². The fraction of sp³-hybridized carbons (Fsp3) is 1.00. The third kappa shape index (κ3) is 3.95. The molecule has 78 valence electrons. The van der Waals surface area contributed by atoms with Crippen LogP contribution in [0.1, 0.15) is 19.8 Å². The third-order valence-corrected chi connectivity index (χ3v) is 2.14. The first-order valence-corrected chi connectivity index (χ1v) is 4.33. The van der Waals surface area contributed by atoms with Gasteiger partial charge in [-0.2, -0.15) is 13.2 Å². The summed E-state index contributed by atoms with van der Waals surface area (Å²) in [4.78, 5) is 0. The first-order valence-electron chi connectivity index (χ1n) is 4.33. The van der Waals surface area contributed by atoms with E-state index in [1.54, 1.807) is 6.92 Å². The lowest BCUT2D eigenvalue weighted by atomic mass is 9.96. The summed E-state index contributed by atoms with van der Waals surface area (Å²) in [6.07, 6.45) is -2.66. The molecule has 0 amide bonds. The molecule has 1 saturated heterocycles. The number of halogens is 3. The molecule has 1 fully saturated rings. The highest BCUT2D eigenvalue weighted by Crippen LogP contribution is 2.24. The topological polar surface area (TPSA) is 21.3 Å². The molecule has 2 nitrogen and oxygen atoms in total. The average molecular weight is 197 g/mol. The van der Waals surface area contributed by atoms with Crippen LogP contribution in [0.3, 0.4) is 0 Å². The summed E-state index contributed by atoms with van der Waals surface area (Å²) in [6, 6.07) is 0. The Morgan fingerprint density at radius 1 is 1.46 bits per heavy atom. The molecule has 0 radical (unpaired) electrons. The maximum atomic E-state index is 11.8. The van der Waals surface area contributed by atoms with E-state index >= 15 is 0 Å².